The molecule has 0 aliphatic rings. The number of halogens is 2. The van der Waals surface area contributed by atoms with E-state index in [0.29, 0.717) is 6.42 Å². The van der Waals surface area contributed by atoms with E-state index >= 15 is 0 Å². The van der Waals surface area contributed by atoms with Crippen molar-refractivity contribution in [3.8, 4) is 0 Å². The maximum absolute atomic E-state index is 13.5. The molecule has 7 heteroatoms. The number of rotatable bonds is 5. The van der Waals surface area contributed by atoms with E-state index in [4.69, 9.17) is 0 Å². The Morgan fingerprint density at radius 3 is 2.38 bits per heavy atom. The van der Waals surface area contributed by atoms with Crippen LogP contribution in [0.25, 0.3) is 10.9 Å². The number of fused-ring (bicyclic) bond motifs is 1. The molecule has 0 bridgehead atoms. The topological polar surface area (TPSA) is 74.0 Å². The average molecular weight is 357 g/mol. The van der Waals surface area contributed by atoms with Gasteiger partial charge < -0.3 is 15.6 Å². The van der Waals surface area contributed by atoms with Gasteiger partial charge in [-0.05, 0) is 18.1 Å². The van der Waals surface area contributed by atoms with Crippen LogP contribution in [-0.2, 0) is 16.0 Å². The maximum Gasteiger partial charge on any atom is 0.224 e. The molecule has 0 saturated carbocycles. The number of benzene rings is 2. The third-order valence-electron chi connectivity index (χ3n) is 3.94. The highest BCUT2D eigenvalue weighted by Crippen LogP contribution is 2.26. The molecule has 0 saturated heterocycles. The second-order valence-corrected chi connectivity index (χ2v) is 5.90. The number of amides is 2. The summed E-state index contributed by atoms with van der Waals surface area (Å²) in [7, 11) is 0. The third-order valence-corrected chi connectivity index (χ3v) is 3.94. The van der Waals surface area contributed by atoms with Crippen LogP contribution < -0.4 is 10.6 Å². The van der Waals surface area contributed by atoms with Gasteiger partial charge in [0.25, 0.3) is 0 Å². The molecule has 2 aromatic carbocycles. The normalized spacial score (nSPS) is 10.7. The van der Waals surface area contributed by atoms with Crippen molar-refractivity contribution in [2.75, 3.05) is 10.6 Å². The number of carbonyl (C=O) groups excluding carboxylic acids is 2. The monoisotopic (exact) mass is 357 g/mol. The van der Waals surface area contributed by atoms with E-state index < -0.39 is 17.5 Å². The number of anilines is 2. The number of carbonyl (C=O) groups is 2. The van der Waals surface area contributed by atoms with Crippen molar-refractivity contribution in [1.82, 2.24) is 4.98 Å². The first-order chi connectivity index (χ1) is 12.4. The van der Waals surface area contributed by atoms with Gasteiger partial charge in [0.15, 0.2) is 11.6 Å². The minimum absolute atomic E-state index is 0.0110. The SMILES string of the molecule is CC(=O)Nc1cc(F)c(F)cc1NC(=O)CCc1c[nH]c2ccccc12. The predicted molar refractivity (Wildman–Crippen MR) is 95.9 cm³/mol. The van der Waals surface area contributed by atoms with E-state index in [1.54, 1.807) is 0 Å². The van der Waals surface area contributed by atoms with Crippen molar-refractivity contribution in [2.24, 2.45) is 0 Å². The zero-order valence-corrected chi connectivity index (χ0v) is 14.0. The fourth-order valence-electron chi connectivity index (χ4n) is 2.74. The van der Waals surface area contributed by atoms with Crippen LogP contribution in [0.1, 0.15) is 18.9 Å². The quantitative estimate of drug-likeness (QED) is 0.646. The van der Waals surface area contributed by atoms with Crippen LogP contribution in [0.5, 0.6) is 0 Å². The van der Waals surface area contributed by atoms with Crippen LogP contribution in [0.3, 0.4) is 0 Å². The van der Waals surface area contributed by atoms with Crippen molar-refractivity contribution in [3.05, 3.63) is 59.8 Å². The van der Waals surface area contributed by atoms with E-state index in [-0.39, 0.29) is 23.7 Å². The summed E-state index contributed by atoms with van der Waals surface area (Å²) in [5, 5.41) is 5.93. The molecule has 5 nitrogen and oxygen atoms in total. The van der Waals surface area contributed by atoms with Crippen molar-refractivity contribution in [1.29, 1.82) is 0 Å². The summed E-state index contributed by atoms with van der Waals surface area (Å²) < 4.78 is 26.9. The van der Waals surface area contributed by atoms with Crippen LogP contribution in [0.2, 0.25) is 0 Å². The third kappa shape index (κ3) is 3.88. The first-order valence-corrected chi connectivity index (χ1v) is 8.05. The van der Waals surface area contributed by atoms with E-state index in [2.05, 4.69) is 15.6 Å². The summed E-state index contributed by atoms with van der Waals surface area (Å²) in [5.41, 5.74) is 2.00. The van der Waals surface area contributed by atoms with Crippen molar-refractivity contribution >= 4 is 34.1 Å². The van der Waals surface area contributed by atoms with Gasteiger partial charge in [-0.3, -0.25) is 9.59 Å². The standard InChI is InChI=1S/C19H17F2N3O2/c1-11(25)23-17-8-14(20)15(21)9-18(17)24-19(26)7-6-12-10-22-16-5-3-2-4-13(12)16/h2-5,8-10,22H,6-7H2,1H3,(H,23,25)(H,24,26). The van der Waals surface area contributed by atoms with E-state index in [0.717, 1.165) is 28.6 Å². The number of aryl methyl sites for hydroxylation is 1. The fraction of sp³-hybridized carbons (Fsp3) is 0.158. The summed E-state index contributed by atoms with van der Waals surface area (Å²) in [6, 6.07) is 9.43. The van der Waals surface area contributed by atoms with Crippen LogP contribution in [0.15, 0.2) is 42.6 Å². The highest BCUT2D eigenvalue weighted by atomic mass is 19.2. The first-order valence-electron chi connectivity index (χ1n) is 8.05. The lowest BCUT2D eigenvalue weighted by atomic mass is 10.1. The average Bonchev–Trinajstić information content (AvgIpc) is 3.00. The van der Waals surface area contributed by atoms with Crippen LogP contribution in [0, 0.1) is 11.6 Å². The molecule has 3 N–H and O–H groups in total. The van der Waals surface area contributed by atoms with E-state index in [1.807, 2.05) is 30.5 Å². The lowest BCUT2D eigenvalue weighted by molar-refractivity contribution is -0.116. The fourth-order valence-corrected chi connectivity index (χ4v) is 2.74. The van der Waals surface area contributed by atoms with Gasteiger partial charge in [-0.15, -0.1) is 0 Å². The number of hydrogen-bond donors (Lipinski definition) is 3. The summed E-state index contributed by atoms with van der Waals surface area (Å²) in [4.78, 5) is 26.6. The van der Waals surface area contributed by atoms with Gasteiger partial charge in [0.05, 0.1) is 11.4 Å². The molecule has 134 valence electrons. The Kier molecular flexibility index (Phi) is 4.97. The summed E-state index contributed by atoms with van der Waals surface area (Å²) in [6.45, 7) is 1.24. The number of para-hydroxylation sites is 1. The maximum atomic E-state index is 13.5. The van der Waals surface area contributed by atoms with Crippen LogP contribution in [0.4, 0.5) is 20.2 Å². The number of hydrogen-bond acceptors (Lipinski definition) is 2. The second kappa shape index (κ2) is 7.35. The Balaban J connectivity index is 1.71. The van der Waals surface area contributed by atoms with Gasteiger partial charge >= 0.3 is 0 Å². The molecule has 1 heterocycles. The number of aromatic amines is 1. The largest absolute Gasteiger partial charge is 0.361 e. The smallest absolute Gasteiger partial charge is 0.224 e. The lowest BCUT2D eigenvalue weighted by Crippen LogP contribution is -2.16. The molecule has 0 radical (unpaired) electrons. The van der Waals surface area contributed by atoms with Gasteiger partial charge in [0.2, 0.25) is 11.8 Å². The molecule has 0 aliphatic heterocycles. The zero-order valence-electron chi connectivity index (χ0n) is 14.0. The molecule has 0 spiro atoms. The Hall–Kier alpha value is -3.22. The molecule has 0 fully saturated rings. The van der Waals surface area contributed by atoms with Gasteiger partial charge in [-0.1, -0.05) is 18.2 Å². The zero-order chi connectivity index (χ0) is 18.7. The molecule has 0 unspecified atom stereocenters. The van der Waals surface area contributed by atoms with Crippen LogP contribution >= 0.6 is 0 Å². The molecule has 2 amide bonds. The molecule has 3 aromatic rings. The molecule has 26 heavy (non-hydrogen) atoms. The first kappa shape index (κ1) is 17.6. The summed E-state index contributed by atoms with van der Waals surface area (Å²) in [5.74, 6) is -3.03. The highest BCUT2D eigenvalue weighted by molar-refractivity contribution is 5.99. The number of nitrogens with one attached hydrogen (secondary N) is 3. The molecule has 1 aromatic heterocycles. The Morgan fingerprint density at radius 2 is 1.69 bits per heavy atom. The molecule has 0 atom stereocenters. The van der Waals surface area contributed by atoms with Gasteiger partial charge in [0, 0.05) is 42.6 Å². The van der Waals surface area contributed by atoms with Gasteiger partial charge in [0.1, 0.15) is 0 Å². The highest BCUT2D eigenvalue weighted by Gasteiger charge is 2.14. The van der Waals surface area contributed by atoms with Crippen molar-refractivity contribution in [2.45, 2.75) is 19.8 Å². The summed E-state index contributed by atoms with van der Waals surface area (Å²) >= 11 is 0. The van der Waals surface area contributed by atoms with Gasteiger partial charge in [-0.25, -0.2) is 8.78 Å². The lowest BCUT2D eigenvalue weighted by Gasteiger charge is -2.12. The van der Waals surface area contributed by atoms with E-state index in [9.17, 15) is 18.4 Å². The van der Waals surface area contributed by atoms with Crippen molar-refractivity contribution in [3.63, 3.8) is 0 Å². The predicted octanol–water partition coefficient (Wildman–Crippen LogP) is 3.98. The van der Waals surface area contributed by atoms with Gasteiger partial charge in [-0.2, -0.15) is 0 Å². The minimum Gasteiger partial charge on any atom is -0.361 e. The number of aromatic nitrogens is 1. The Bertz CT molecular complexity index is 982. The Labute approximate surface area is 148 Å². The van der Waals surface area contributed by atoms with E-state index in [1.165, 1.54) is 6.92 Å². The molecule has 3 rings (SSSR count). The second-order valence-electron chi connectivity index (χ2n) is 5.90. The molecular weight excluding hydrogens is 340 g/mol. The minimum atomic E-state index is -1.11. The molecule has 0 aliphatic carbocycles. The van der Waals surface area contributed by atoms with Crippen LogP contribution in [-0.4, -0.2) is 16.8 Å². The number of H-pyrrole nitrogens is 1. The van der Waals surface area contributed by atoms with Crippen molar-refractivity contribution < 1.29 is 18.4 Å². The Morgan fingerprint density at radius 1 is 1.04 bits per heavy atom. The summed E-state index contributed by atoms with van der Waals surface area (Å²) in [6.07, 6.45) is 2.48. The molecular formula is C19H17F2N3O2.